The predicted molar refractivity (Wildman–Crippen MR) is 69.4 cm³/mol. The summed E-state index contributed by atoms with van der Waals surface area (Å²) in [6.45, 7) is 1.74. The van der Waals surface area contributed by atoms with Crippen LogP contribution in [0.2, 0.25) is 0 Å². The molecule has 2 aromatic rings. The Kier molecular flexibility index (Phi) is 4.30. The van der Waals surface area contributed by atoms with Gasteiger partial charge in [-0.2, -0.15) is 0 Å². The number of pyridine rings is 1. The maximum atomic E-state index is 13.1. The van der Waals surface area contributed by atoms with Gasteiger partial charge in [0.2, 0.25) is 0 Å². The number of nitrogens with zero attached hydrogens (tertiary/aromatic N) is 1. The monoisotopic (exact) mass is 300 g/mol. The molecule has 0 amide bonds. The zero-order valence-corrected chi connectivity index (χ0v) is 11.0. The van der Waals surface area contributed by atoms with Crippen LogP contribution in [0.5, 0.6) is 5.75 Å². The van der Waals surface area contributed by atoms with Crippen molar-refractivity contribution < 1.29 is 22.3 Å². The van der Waals surface area contributed by atoms with Gasteiger partial charge < -0.3 is 10.1 Å². The average molecular weight is 300 g/mol. The summed E-state index contributed by atoms with van der Waals surface area (Å²) in [6.07, 6.45) is -2.18. The molecule has 0 aliphatic heterocycles. The van der Waals surface area contributed by atoms with Gasteiger partial charge in [0, 0.05) is 18.0 Å². The van der Waals surface area contributed by atoms with Gasteiger partial charge in [-0.05, 0) is 30.7 Å². The van der Waals surface area contributed by atoms with Gasteiger partial charge in [-0.25, -0.2) is 4.39 Å². The second-order valence-corrected chi connectivity index (χ2v) is 4.38. The van der Waals surface area contributed by atoms with Crippen LogP contribution in [-0.4, -0.2) is 11.3 Å². The molecule has 0 saturated heterocycles. The first-order chi connectivity index (χ1) is 9.83. The van der Waals surface area contributed by atoms with E-state index in [2.05, 4.69) is 15.0 Å². The summed E-state index contributed by atoms with van der Waals surface area (Å²) < 4.78 is 53.4. The molecule has 0 aliphatic carbocycles. The first kappa shape index (κ1) is 15.1. The van der Waals surface area contributed by atoms with Gasteiger partial charge >= 0.3 is 6.36 Å². The van der Waals surface area contributed by atoms with Crippen LogP contribution in [0.4, 0.5) is 23.2 Å². The number of aromatic nitrogens is 1. The van der Waals surface area contributed by atoms with Crippen molar-refractivity contribution in [1.82, 2.24) is 4.98 Å². The highest BCUT2D eigenvalue weighted by Crippen LogP contribution is 2.27. The summed E-state index contributed by atoms with van der Waals surface area (Å²) in [6, 6.07) is 6.42. The van der Waals surface area contributed by atoms with Crippen molar-refractivity contribution in [3.63, 3.8) is 0 Å². The van der Waals surface area contributed by atoms with Crippen LogP contribution in [0.1, 0.15) is 18.5 Å². The van der Waals surface area contributed by atoms with Crippen LogP contribution in [0.25, 0.3) is 0 Å². The smallest absolute Gasteiger partial charge is 0.406 e. The van der Waals surface area contributed by atoms with E-state index in [0.717, 1.165) is 6.20 Å². The highest BCUT2D eigenvalue weighted by atomic mass is 19.4. The fourth-order valence-electron chi connectivity index (χ4n) is 1.78. The quantitative estimate of drug-likeness (QED) is 0.855. The number of hydrogen-bond donors (Lipinski definition) is 1. The van der Waals surface area contributed by atoms with Crippen LogP contribution in [0.15, 0.2) is 42.7 Å². The molecule has 3 nitrogen and oxygen atoms in total. The van der Waals surface area contributed by atoms with Crippen molar-refractivity contribution in [3.05, 3.63) is 54.1 Å². The van der Waals surface area contributed by atoms with E-state index < -0.39 is 12.2 Å². The Bertz CT molecular complexity index is 616. The first-order valence-electron chi connectivity index (χ1n) is 6.06. The Labute approximate surface area is 118 Å². The molecule has 0 bridgehead atoms. The third-order valence-electron chi connectivity index (χ3n) is 2.68. The molecular weight excluding hydrogens is 288 g/mol. The van der Waals surface area contributed by atoms with Crippen molar-refractivity contribution in [2.75, 3.05) is 5.32 Å². The molecule has 21 heavy (non-hydrogen) atoms. The van der Waals surface area contributed by atoms with E-state index in [1.807, 2.05) is 0 Å². The lowest BCUT2D eigenvalue weighted by Crippen LogP contribution is -2.17. The molecule has 1 heterocycles. The first-order valence-corrected chi connectivity index (χ1v) is 6.06. The lowest BCUT2D eigenvalue weighted by atomic mass is 10.1. The second kappa shape index (κ2) is 5.99. The maximum Gasteiger partial charge on any atom is 0.573 e. The number of halogens is 4. The largest absolute Gasteiger partial charge is 0.573 e. The third-order valence-corrected chi connectivity index (χ3v) is 2.68. The topological polar surface area (TPSA) is 34.1 Å². The average Bonchev–Trinajstić information content (AvgIpc) is 2.37. The van der Waals surface area contributed by atoms with Crippen molar-refractivity contribution in [2.45, 2.75) is 19.3 Å². The van der Waals surface area contributed by atoms with E-state index >= 15 is 0 Å². The van der Waals surface area contributed by atoms with Gasteiger partial charge in [0.1, 0.15) is 11.6 Å². The molecule has 0 fully saturated rings. The molecule has 0 saturated carbocycles. The lowest BCUT2D eigenvalue weighted by molar-refractivity contribution is -0.274. The number of rotatable bonds is 4. The van der Waals surface area contributed by atoms with E-state index in [-0.39, 0.29) is 11.8 Å². The van der Waals surface area contributed by atoms with Crippen LogP contribution in [0, 0.1) is 5.82 Å². The Morgan fingerprint density at radius 3 is 2.62 bits per heavy atom. The fourth-order valence-corrected chi connectivity index (χ4v) is 1.78. The molecule has 0 spiro atoms. The minimum absolute atomic E-state index is 0.322. The number of anilines is 1. The van der Waals surface area contributed by atoms with E-state index in [1.54, 1.807) is 13.0 Å². The van der Waals surface area contributed by atoms with E-state index in [0.29, 0.717) is 11.3 Å². The normalized spacial score (nSPS) is 12.8. The Balaban J connectivity index is 2.11. The third kappa shape index (κ3) is 4.62. The summed E-state index contributed by atoms with van der Waals surface area (Å²) in [4.78, 5) is 3.72. The van der Waals surface area contributed by atoms with E-state index in [1.165, 1.54) is 30.5 Å². The van der Waals surface area contributed by atoms with Gasteiger partial charge in [-0.3, -0.25) is 4.98 Å². The Morgan fingerprint density at radius 1 is 1.19 bits per heavy atom. The Hall–Kier alpha value is -2.31. The molecule has 1 N–H and O–H groups in total. The number of hydrogen-bond acceptors (Lipinski definition) is 3. The van der Waals surface area contributed by atoms with Gasteiger partial charge in [-0.1, -0.05) is 6.07 Å². The van der Waals surface area contributed by atoms with Crippen molar-refractivity contribution in [1.29, 1.82) is 0 Å². The van der Waals surface area contributed by atoms with Crippen LogP contribution in [-0.2, 0) is 0 Å². The van der Waals surface area contributed by atoms with Crippen molar-refractivity contribution >= 4 is 5.69 Å². The van der Waals surface area contributed by atoms with Crippen LogP contribution >= 0.6 is 0 Å². The van der Waals surface area contributed by atoms with Gasteiger partial charge in [-0.15, -0.1) is 13.2 Å². The zero-order valence-electron chi connectivity index (χ0n) is 11.0. The molecule has 0 aliphatic rings. The lowest BCUT2D eigenvalue weighted by Gasteiger charge is -2.16. The second-order valence-electron chi connectivity index (χ2n) is 4.38. The fraction of sp³-hybridized carbons (Fsp3) is 0.214. The molecule has 7 heteroatoms. The van der Waals surface area contributed by atoms with Gasteiger partial charge in [0.25, 0.3) is 0 Å². The summed E-state index contributed by atoms with van der Waals surface area (Å²) >= 11 is 0. The highest BCUT2D eigenvalue weighted by molar-refractivity contribution is 5.49. The molecule has 1 atom stereocenters. The number of alkyl halides is 3. The van der Waals surface area contributed by atoms with E-state index in [9.17, 15) is 17.6 Å². The molecule has 1 aromatic carbocycles. The molecule has 0 radical (unpaired) electrons. The molecular formula is C14H12F4N2O. The van der Waals surface area contributed by atoms with Crippen molar-refractivity contribution in [2.24, 2.45) is 0 Å². The number of benzene rings is 1. The summed E-state index contributed by atoms with van der Waals surface area (Å²) in [5.74, 6) is -0.799. The maximum absolute atomic E-state index is 13.1. The molecule has 112 valence electrons. The number of nitrogens with one attached hydrogen (secondary N) is 1. The summed E-state index contributed by atoms with van der Waals surface area (Å²) in [5, 5.41) is 2.96. The van der Waals surface area contributed by atoms with Gasteiger partial charge in [0.05, 0.1) is 12.2 Å². The van der Waals surface area contributed by atoms with Crippen molar-refractivity contribution in [3.8, 4) is 5.75 Å². The Morgan fingerprint density at radius 2 is 1.95 bits per heavy atom. The molecule has 1 aromatic heterocycles. The molecule has 1 unspecified atom stereocenters. The minimum Gasteiger partial charge on any atom is -0.406 e. The highest BCUT2D eigenvalue weighted by Gasteiger charge is 2.31. The van der Waals surface area contributed by atoms with Crippen LogP contribution in [0.3, 0.4) is 0 Å². The number of ether oxygens (including phenoxy) is 1. The standard InChI is InChI=1S/C14H12F4N2O/c1-9(10-5-11(15)8-19-7-10)20-12-3-2-4-13(6-12)21-14(16,17)18/h2-9,20H,1H3. The van der Waals surface area contributed by atoms with E-state index in [4.69, 9.17) is 0 Å². The van der Waals surface area contributed by atoms with Crippen LogP contribution < -0.4 is 10.1 Å². The zero-order chi connectivity index (χ0) is 15.5. The summed E-state index contributed by atoms with van der Waals surface area (Å²) in [5.41, 5.74) is 1.01. The minimum atomic E-state index is -4.74. The summed E-state index contributed by atoms with van der Waals surface area (Å²) in [7, 11) is 0. The predicted octanol–water partition coefficient (Wildman–Crippen LogP) is 4.29. The molecule has 2 rings (SSSR count). The van der Waals surface area contributed by atoms with Gasteiger partial charge in [0.15, 0.2) is 0 Å². The SMILES string of the molecule is CC(Nc1cccc(OC(F)(F)F)c1)c1cncc(F)c1.